The second kappa shape index (κ2) is 6.48. The minimum atomic E-state index is -0.636. The van der Waals surface area contributed by atoms with E-state index in [-0.39, 0.29) is 24.7 Å². The molecule has 0 aromatic heterocycles. The number of ether oxygens (including phenoxy) is 3. The van der Waals surface area contributed by atoms with Crippen molar-refractivity contribution in [3.8, 4) is 11.5 Å². The van der Waals surface area contributed by atoms with E-state index in [0.29, 0.717) is 22.6 Å². The minimum absolute atomic E-state index is 0.00225. The number of nitro groups is 1. The Morgan fingerprint density at radius 3 is 2.71 bits per heavy atom. The van der Waals surface area contributed by atoms with Crippen LogP contribution in [0.15, 0.2) is 34.8 Å². The highest BCUT2D eigenvalue weighted by atomic mass is 79.9. The van der Waals surface area contributed by atoms with Gasteiger partial charge in [0.1, 0.15) is 6.61 Å². The maximum absolute atomic E-state index is 12.1. The lowest BCUT2D eigenvalue weighted by molar-refractivity contribution is -0.385. The minimum Gasteiger partial charge on any atom is -0.457 e. The maximum atomic E-state index is 12.1. The lowest BCUT2D eigenvalue weighted by Gasteiger charge is -2.08. The molecule has 2 aromatic carbocycles. The van der Waals surface area contributed by atoms with E-state index in [4.69, 9.17) is 14.2 Å². The van der Waals surface area contributed by atoms with Crippen molar-refractivity contribution in [1.29, 1.82) is 0 Å². The summed E-state index contributed by atoms with van der Waals surface area (Å²) >= 11 is 3.38. The number of aryl methyl sites for hydroxylation is 1. The van der Waals surface area contributed by atoms with Gasteiger partial charge in [-0.05, 0) is 25.1 Å². The van der Waals surface area contributed by atoms with Gasteiger partial charge < -0.3 is 14.2 Å². The molecule has 0 saturated carbocycles. The second-order valence-electron chi connectivity index (χ2n) is 5.13. The van der Waals surface area contributed by atoms with Gasteiger partial charge in [0, 0.05) is 21.7 Å². The first kappa shape index (κ1) is 16.3. The van der Waals surface area contributed by atoms with Crippen molar-refractivity contribution in [2.75, 3.05) is 6.79 Å². The molecule has 1 heterocycles. The van der Waals surface area contributed by atoms with Gasteiger partial charge in [0.2, 0.25) is 6.79 Å². The molecule has 0 spiro atoms. The summed E-state index contributed by atoms with van der Waals surface area (Å²) in [6.07, 6.45) is 0. The fourth-order valence-electron chi connectivity index (χ4n) is 2.23. The van der Waals surface area contributed by atoms with Gasteiger partial charge >= 0.3 is 5.97 Å². The molecule has 0 radical (unpaired) electrons. The average Bonchev–Trinajstić information content (AvgIpc) is 2.99. The monoisotopic (exact) mass is 393 g/mol. The fraction of sp³-hybridized carbons (Fsp3) is 0.188. The van der Waals surface area contributed by atoms with Gasteiger partial charge in [-0.2, -0.15) is 0 Å². The van der Waals surface area contributed by atoms with Crippen molar-refractivity contribution in [1.82, 2.24) is 0 Å². The maximum Gasteiger partial charge on any atom is 0.338 e. The van der Waals surface area contributed by atoms with Gasteiger partial charge in [0.25, 0.3) is 5.69 Å². The SMILES string of the molecule is Cc1ccc(C(=O)OCc2cc3c(cc2Br)OCO3)cc1[N+](=O)[O-]. The van der Waals surface area contributed by atoms with Gasteiger partial charge in [-0.25, -0.2) is 4.79 Å². The number of halogens is 1. The summed E-state index contributed by atoms with van der Waals surface area (Å²) in [7, 11) is 0. The summed E-state index contributed by atoms with van der Waals surface area (Å²) in [4.78, 5) is 22.6. The quantitative estimate of drug-likeness (QED) is 0.446. The highest BCUT2D eigenvalue weighted by Crippen LogP contribution is 2.37. The number of carbonyl (C=O) groups is 1. The second-order valence-corrected chi connectivity index (χ2v) is 5.99. The molecule has 0 atom stereocenters. The third kappa shape index (κ3) is 3.18. The molecule has 0 aliphatic carbocycles. The Hall–Kier alpha value is -2.61. The molecular weight excluding hydrogens is 382 g/mol. The van der Waals surface area contributed by atoms with E-state index < -0.39 is 10.9 Å². The molecule has 0 N–H and O–H groups in total. The summed E-state index contributed by atoms with van der Waals surface area (Å²) in [5, 5.41) is 11.0. The summed E-state index contributed by atoms with van der Waals surface area (Å²) in [6, 6.07) is 7.69. The fourth-order valence-corrected chi connectivity index (χ4v) is 2.67. The molecule has 124 valence electrons. The number of rotatable bonds is 4. The number of nitro benzene ring substituents is 1. The van der Waals surface area contributed by atoms with Crippen LogP contribution in [-0.2, 0) is 11.3 Å². The number of carbonyl (C=O) groups excluding carboxylic acids is 1. The van der Waals surface area contributed by atoms with E-state index in [0.717, 1.165) is 4.47 Å². The highest BCUT2D eigenvalue weighted by molar-refractivity contribution is 9.10. The molecule has 24 heavy (non-hydrogen) atoms. The van der Waals surface area contributed by atoms with Crippen LogP contribution < -0.4 is 9.47 Å². The Morgan fingerprint density at radius 1 is 1.29 bits per heavy atom. The van der Waals surface area contributed by atoms with Crippen LogP contribution in [0.3, 0.4) is 0 Å². The van der Waals surface area contributed by atoms with Crippen LogP contribution in [0.25, 0.3) is 0 Å². The van der Waals surface area contributed by atoms with Crippen LogP contribution in [0.5, 0.6) is 11.5 Å². The first-order chi connectivity index (χ1) is 11.5. The number of benzene rings is 2. The third-order valence-electron chi connectivity index (χ3n) is 3.54. The van der Waals surface area contributed by atoms with E-state index in [1.807, 2.05) is 0 Å². The van der Waals surface area contributed by atoms with Crippen LogP contribution in [0.4, 0.5) is 5.69 Å². The van der Waals surface area contributed by atoms with Crippen molar-refractivity contribution >= 4 is 27.6 Å². The zero-order chi connectivity index (χ0) is 17.3. The van der Waals surface area contributed by atoms with E-state index in [2.05, 4.69) is 15.9 Å². The van der Waals surface area contributed by atoms with E-state index in [1.54, 1.807) is 19.1 Å². The van der Waals surface area contributed by atoms with Gasteiger partial charge in [-0.1, -0.05) is 22.0 Å². The molecule has 0 bridgehead atoms. The van der Waals surface area contributed by atoms with Crippen LogP contribution >= 0.6 is 15.9 Å². The van der Waals surface area contributed by atoms with Gasteiger partial charge in [0.15, 0.2) is 11.5 Å². The molecule has 0 fully saturated rings. The van der Waals surface area contributed by atoms with Crippen LogP contribution in [0.2, 0.25) is 0 Å². The normalized spacial score (nSPS) is 12.1. The van der Waals surface area contributed by atoms with Crippen molar-refractivity contribution < 1.29 is 23.9 Å². The predicted octanol–water partition coefficient (Wildman–Crippen LogP) is 3.75. The number of nitrogens with zero attached hydrogens (tertiary/aromatic N) is 1. The van der Waals surface area contributed by atoms with Crippen LogP contribution in [-0.4, -0.2) is 17.7 Å². The molecular formula is C16H12BrNO6. The number of fused-ring (bicyclic) bond motifs is 1. The molecule has 0 saturated heterocycles. The predicted molar refractivity (Wildman–Crippen MR) is 87.2 cm³/mol. The zero-order valence-electron chi connectivity index (χ0n) is 12.6. The average molecular weight is 394 g/mol. The topological polar surface area (TPSA) is 87.9 Å². The molecule has 7 nitrogen and oxygen atoms in total. The summed E-state index contributed by atoms with van der Waals surface area (Å²) in [5.41, 5.74) is 1.20. The number of esters is 1. The summed E-state index contributed by atoms with van der Waals surface area (Å²) < 4.78 is 16.5. The van der Waals surface area contributed by atoms with Crippen LogP contribution in [0.1, 0.15) is 21.5 Å². The van der Waals surface area contributed by atoms with Gasteiger partial charge in [0.05, 0.1) is 10.5 Å². The molecule has 1 aliphatic heterocycles. The standard InChI is InChI=1S/C16H12BrNO6/c1-9-2-3-10(4-13(9)18(20)21)16(19)22-7-11-5-14-15(6-12(11)17)24-8-23-14/h2-6H,7-8H2,1H3. The molecule has 1 aliphatic rings. The van der Waals surface area contributed by atoms with Crippen molar-refractivity contribution in [3.05, 3.63) is 61.6 Å². The summed E-state index contributed by atoms with van der Waals surface area (Å²) in [6.45, 7) is 1.76. The lowest BCUT2D eigenvalue weighted by Crippen LogP contribution is -2.06. The van der Waals surface area contributed by atoms with E-state index >= 15 is 0 Å². The first-order valence-electron chi connectivity index (χ1n) is 6.96. The smallest absolute Gasteiger partial charge is 0.338 e. The number of hydrogen-bond donors (Lipinski definition) is 0. The molecule has 0 amide bonds. The van der Waals surface area contributed by atoms with E-state index in [9.17, 15) is 14.9 Å². The third-order valence-corrected chi connectivity index (χ3v) is 4.28. The van der Waals surface area contributed by atoms with Crippen LogP contribution in [0, 0.1) is 17.0 Å². The zero-order valence-corrected chi connectivity index (χ0v) is 14.2. The lowest BCUT2D eigenvalue weighted by atomic mass is 10.1. The Balaban J connectivity index is 1.74. The van der Waals surface area contributed by atoms with Crippen molar-refractivity contribution in [2.24, 2.45) is 0 Å². The van der Waals surface area contributed by atoms with Crippen molar-refractivity contribution in [2.45, 2.75) is 13.5 Å². The Labute approximate surface area is 145 Å². The summed E-state index contributed by atoms with van der Waals surface area (Å²) in [5.74, 6) is 0.559. The molecule has 3 rings (SSSR count). The Bertz CT molecular complexity index is 836. The Morgan fingerprint density at radius 2 is 2.00 bits per heavy atom. The first-order valence-corrected chi connectivity index (χ1v) is 7.75. The number of hydrogen-bond acceptors (Lipinski definition) is 6. The van der Waals surface area contributed by atoms with E-state index in [1.165, 1.54) is 18.2 Å². The Kier molecular flexibility index (Phi) is 4.39. The highest BCUT2D eigenvalue weighted by Gasteiger charge is 2.19. The molecule has 0 unspecified atom stereocenters. The van der Waals surface area contributed by atoms with Gasteiger partial charge in [-0.15, -0.1) is 0 Å². The largest absolute Gasteiger partial charge is 0.457 e. The van der Waals surface area contributed by atoms with Crippen molar-refractivity contribution in [3.63, 3.8) is 0 Å². The molecule has 8 heteroatoms. The molecule has 2 aromatic rings. The van der Waals surface area contributed by atoms with Gasteiger partial charge in [-0.3, -0.25) is 10.1 Å².